The topological polar surface area (TPSA) is 46.3 Å². The summed E-state index contributed by atoms with van der Waals surface area (Å²) in [6, 6.07) is 25.8. The third kappa shape index (κ3) is 4.63. The number of amides is 1. The van der Waals surface area contributed by atoms with Crippen molar-refractivity contribution in [2.24, 2.45) is 0 Å². The Labute approximate surface area is 174 Å². The number of carbonyl (C=O) groups excluding carboxylic acids is 1. The van der Waals surface area contributed by atoms with Crippen LogP contribution < -0.4 is 4.90 Å². The number of hydrogen-bond donors (Lipinski definition) is 0. The standard InChI is InChI=1S/C25H21FN2O2/c26-22-14-8-7-13-21(22)23-17-27-24(30-23)15-16-25(29)28(20-11-5-2-6-12-20)18-19-9-3-1-4-10-19/h1-14,17H,15-16,18H2. The molecule has 1 heterocycles. The van der Waals surface area contributed by atoms with E-state index in [4.69, 9.17) is 4.42 Å². The lowest BCUT2D eigenvalue weighted by Crippen LogP contribution is -2.30. The zero-order valence-corrected chi connectivity index (χ0v) is 16.4. The minimum Gasteiger partial charge on any atom is -0.441 e. The molecule has 0 saturated carbocycles. The lowest BCUT2D eigenvalue weighted by Gasteiger charge is -2.23. The van der Waals surface area contributed by atoms with Gasteiger partial charge in [0, 0.05) is 18.5 Å². The minimum absolute atomic E-state index is 0.0318. The van der Waals surface area contributed by atoms with Crippen molar-refractivity contribution < 1.29 is 13.6 Å². The molecule has 0 atom stereocenters. The van der Waals surface area contributed by atoms with Crippen LogP contribution in [0.2, 0.25) is 0 Å². The van der Waals surface area contributed by atoms with Crippen LogP contribution >= 0.6 is 0 Å². The molecule has 0 spiro atoms. The van der Waals surface area contributed by atoms with Gasteiger partial charge in [-0.15, -0.1) is 0 Å². The third-order valence-corrected chi connectivity index (χ3v) is 4.80. The third-order valence-electron chi connectivity index (χ3n) is 4.80. The normalized spacial score (nSPS) is 10.7. The maximum Gasteiger partial charge on any atom is 0.227 e. The predicted molar refractivity (Wildman–Crippen MR) is 114 cm³/mol. The second-order valence-electron chi connectivity index (χ2n) is 6.90. The van der Waals surface area contributed by atoms with Crippen molar-refractivity contribution >= 4 is 11.6 Å². The van der Waals surface area contributed by atoms with E-state index in [1.54, 1.807) is 23.1 Å². The number of hydrogen-bond acceptors (Lipinski definition) is 3. The van der Waals surface area contributed by atoms with Crippen LogP contribution in [-0.4, -0.2) is 10.9 Å². The van der Waals surface area contributed by atoms with Crippen molar-refractivity contribution in [1.29, 1.82) is 0 Å². The lowest BCUT2D eigenvalue weighted by molar-refractivity contribution is -0.118. The highest BCUT2D eigenvalue weighted by Gasteiger charge is 2.18. The van der Waals surface area contributed by atoms with Gasteiger partial charge in [0.15, 0.2) is 11.7 Å². The molecule has 0 aliphatic carbocycles. The van der Waals surface area contributed by atoms with E-state index in [0.29, 0.717) is 30.2 Å². The Balaban J connectivity index is 1.47. The van der Waals surface area contributed by atoms with Crippen LogP contribution in [0.1, 0.15) is 17.9 Å². The molecule has 150 valence electrons. The summed E-state index contributed by atoms with van der Waals surface area (Å²) in [5, 5.41) is 0. The van der Waals surface area contributed by atoms with Crippen molar-refractivity contribution in [2.75, 3.05) is 4.90 Å². The Hall–Kier alpha value is -3.73. The van der Waals surface area contributed by atoms with Gasteiger partial charge < -0.3 is 9.32 Å². The maximum atomic E-state index is 14.0. The van der Waals surface area contributed by atoms with E-state index in [-0.39, 0.29) is 18.1 Å². The summed E-state index contributed by atoms with van der Waals surface area (Å²) in [6.45, 7) is 0.482. The maximum absolute atomic E-state index is 14.0. The number of halogens is 1. The number of para-hydroxylation sites is 1. The Bertz CT molecular complexity index is 1110. The summed E-state index contributed by atoms with van der Waals surface area (Å²) in [5.74, 6) is 0.374. The molecule has 30 heavy (non-hydrogen) atoms. The molecule has 4 rings (SSSR count). The van der Waals surface area contributed by atoms with E-state index < -0.39 is 0 Å². The van der Waals surface area contributed by atoms with Crippen molar-refractivity contribution in [3.63, 3.8) is 0 Å². The Morgan fingerprint density at radius 1 is 0.900 bits per heavy atom. The summed E-state index contributed by atoms with van der Waals surface area (Å²) in [4.78, 5) is 19.0. The predicted octanol–water partition coefficient (Wildman–Crippen LogP) is 5.65. The molecule has 0 bridgehead atoms. The number of rotatable bonds is 7. The molecule has 0 saturated heterocycles. The molecule has 0 aliphatic heterocycles. The summed E-state index contributed by atoms with van der Waals surface area (Å²) >= 11 is 0. The summed E-state index contributed by atoms with van der Waals surface area (Å²) in [5.41, 5.74) is 2.25. The van der Waals surface area contributed by atoms with Gasteiger partial charge in [0.05, 0.1) is 18.3 Å². The zero-order chi connectivity index (χ0) is 20.8. The van der Waals surface area contributed by atoms with Crippen LogP contribution in [0.4, 0.5) is 10.1 Å². The fourth-order valence-corrected chi connectivity index (χ4v) is 3.26. The van der Waals surface area contributed by atoms with Gasteiger partial charge in [-0.2, -0.15) is 0 Å². The molecule has 0 unspecified atom stereocenters. The minimum atomic E-state index is -0.366. The monoisotopic (exact) mass is 400 g/mol. The van der Waals surface area contributed by atoms with E-state index in [0.717, 1.165) is 11.3 Å². The number of aryl methyl sites for hydroxylation is 1. The first-order valence-corrected chi connectivity index (χ1v) is 9.79. The first kappa shape index (κ1) is 19.6. The molecule has 4 aromatic rings. The second kappa shape index (κ2) is 9.18. The van der Waals surface area contributed by atoms with E-state index >= 15 is 0 Å². The van der Waals surface area contributed by atoms with Crippen LogP contribution in [0.25, 0.3) is 11.3 Å². The Kier molecular flexibility index (Phi) is 5.99. The van der Waals surface area contributed by atoms with Crippen molar-refractivity contribution in [1.82, 2.24) is 4.98 Å². The van der Waals surface area contributed by atoms with Crippen LogP contribution in [0.5, 0.6) is 0 Å². The molecule has 4 nitrogen and oxygen atoms in total. The van der Waals surface area contributed by atoms with Crippen molar-refractivity contribution in [3.8, 4) is 11.3 Å². The largest absolute Gasteiger partial charge is 0.441 e. The van der Waals surface area contributed by atoms with E-state index in [1.807, 2.05) is 60.7 Å². The first-order valence-electron chi connectivity index (χ1n) is 9.79. The number of benzene rings is 3. The molecule has 0 fully saturated rings. The fourth-order valence-electron chi connectivity index (χ4n) is 3.26. The van der Waals surface area contributed by atoms with Gasteiger partial charge in [0.25, 0.3) is 0 Å². The van der Waals surface area contributed by atoms with Crippen LogP contribution in [0, 0.1) is 5.82 Å². The van der Waals surface area contributed by atoms with Gasteiger partial charge in [-0.1, -0.05) is 60.7 Å². The number of oxazole rings is 1. The van der Waals surface area contributed by atoms with Gasteiger partial charge in [-0.25, -0.2) is 9.37 Å². The van der Waals surface area contributed by atoms with E-state index in [1.165, 1.54) is 12.3 Å². The first-order chi connectivity index (χ1) is 14.7. The SMILES string of the molecule is O=C(CCc1ncc(-c2ccccc2F)o1)N(Cc1ccccc1)c1ccccc1. The molecule has 1 amide bonds. The quantitative estimate of drug-likeness (QED) is 0.403. The molecule has 5 heteroatoms. The van der Waals surface area contributed by atoms with Gasteiger partial charge in [-0.05, 0) is 29.8 Å². The van der Waals surface area contributed by atoms with E-state index in [2.05, 4.69) is 4.98 Å². The van der Waals surface area contributed by atoms with Gasteiger partial charge in [0.2, 0.25) is 5.91 Å². The second-order valence-corrected chi connectivity index (χ2v) is 6.90. The molecule has 0 radical (unpaired) electrons. The van der Waals surface area contributed by atoms with Gasteiger partial charge >= 0.3 is 0 Å². The number of aromatic nitrogens is 1. The van der Waals surface area contributed by atoms with Crippen LogP contribution in [0.15, 0.2) is 95.5 Å². The molecular weight excluding hydrogens is 379 g/mol. The number of nitrogens with zero attached hydrogens (tertiary/aromatic N) is 2. The molecule has 1 aromatic heterocycles. The van der Waals surface area contributed by atoms with Gasteiger partial charge in [-0.3, -0.25) is 4.79 Å². The fraction of sp³-hybridized carbons (Fsp3) is 0.120. The zero-order valence-electron chi connectivity index (χ0n) is 16.4. The Morgan fingerprint density at radius 3 is 2.30 bits per heavy atom. The van der Waals surface area contributed by atoms with Crippen molar-refractivity contribution in [2.45, 2.75) is 19.4 Å². The summed E-state index contributed by atoms with van der Waals surface area (Å²) < 4.78 is 19.6. The summed E-state index contributed by atoms with van der Waals surface area (Å²) in [6.07, 6.45) is 2.07. The summed E-state index contributed by atoms with van der Waals surface area (Å²) in [7, 11) is 0. The smallest absolute Gasteiger partial charge is 0.227 e. The van der Waals surface area contributed by atoms with Crippen LogP contribution in [0.3, 0.4) is 0 Å². The molecule has 0 aliphatic rings. The van der Waals surface area contributed by atoms with Gasteiger partial charge in [0.1, 0.15) is 5.82 Å². The van der Waals surface area contributed by atoms with Crippen LogP contribution in [-0.2, 0) is 17.8 Å². The number of carbonyl (C=O) groups is 1. The highest BCUT2D eigenvalue weighted by molar-refractivity contribution is 5.93. The van der Waals surface area contributed by atoms with E-state index in [9.17, 15) is 9.18 Å². The van der Waals surface area contributed by atoms with Crippen molar-refractivity contribution in [3.05, 3.63) is 108 Å². The highest BCUT2D eigenvalue weighted by atomic mass is 19.1. The average Bonchev–Trinajstić information content (AvgIpc) is 3.26. The molecule has 3 aromatic carbocycles. The lowest BCUT2D eigenvalue weighted by atomic mass is 10.1. The highest BCUT2D eigenvalue weighted by Crippen LogP contribution is 2.24. The molecule has 0 N–H and O–H groups in total. The number of anilines is 1. The molecular formula is C25H21FN2O2. The average molecular weight is 400 g/mol. The Morgan fingerprint density at radius 2 is 1.57 bits per heavy atom.